The van der Waals surface area contributed by atoms with E-state index in [-0.39, 0.29) is 0 Å². The summed E-state index contributed by atoms with van der Waals surface area (Å²) in [7, 11) is 1.97. The van der Waals surface area contributed by atoms with Crippen molar-refractivity contribution in [3.05, 3.63) is 18.0 Å². The molecule has 1 rings (SSSR count). The minimum absolute atomic E-state index is 0.387. The van der Waals surface area contributed by atoms with Crippen LogP contribution in [0.15, 0.2) is 12.4 Å². The molecular formula is C11H21N3. The van der Waals surface area contributed by atoms with Gasteiger partial charge >= 0.3 is 0 Å². The van der Waals surface area contributed by atoms with Crippen LogP contribution in [0.1, 0.15) is 51.3 Å². The summed E-state index contributed by atoms with van der Waals surface area (Å²) in [6.45, 7) is 6.56. The van der Waals surface area contributed by atoms with Crippen LogP contribution in [0.5, 0.6) is 0 Å². The van der Waals surface area contributed by atoms with Crippen molar-refractivity contribution < 1.29 is 0 Å². The van der Waals surface area contributed by atoms with Crippen molar-refractivity contribution in [3.8, 4) is 0 Å². The highest BCUT2D eigenvalue weighted by Gasteiger charge is 2.10. The number of aromatic nitrogens is 2. The number of rotatable bonds is 5. The first-order valence-corrected chi connectivity index (χ1v) is 5.44. The third kappa shape index (κ3) is 2.35. The van der Waals surface area contributed by atoms with E-state index in [9.17, 15) is 0 Å². The molecule has 1 aromatic heterocycles. The van der Waals surface area contributed by atoms with Crippen LogP contribution in [-0.4, -0.2) is 16.8 Å². The van der Waals surface area contributed by atoms with E-state index in [1.54, 1.807) is 0 Å². The smallest absolute Gasteiger partial charge is 0.0537 e. The molecule has 0 aliphatic carbocycles. The Labute approximate surface area is 86.5 Å². The van der Waals surface area contributed by atoms with E-state index in [1.807, 2.05) is 13.2 Å². The summed E-state index contributed by atoms with van der Waals surface area (Å²) in [5.41, 5.74) is 1.26. The van der Waals surface area contributed by atoms with Gasteiger partial charge in [0, 0.05) is 17.8 Å². The molecule has 0 radical (unpaired) electrons. The Bertz CT molecular complexity index is 263. The number of hydrogen-bond donors (Lipinski definition) is 1. The molecule has 0 aromatic carbocycles. The fourth-order valence-corrected chi connectivity index (χ4v) is 1.61. The van der Waals surface area contributed by atoms with Gasteiger partial charge in [-0.25, -0.2) is 0 Å². The highest BCUT2D eigenvalue weighted by atomic mass is 15.3. The zero-order valence-corrected chi connectivity index (χ0v) is 9.62. The average molecular weight is 195 g/mol. The molecule has 0 aliphatic rings. The normalized spacial score (nSPS) is 13.5. The van der Waals surface area contributed by atoms with Gasteiger partial charge in [0.25, 0.3) is 0 Å². The summed E-state index contributed by atoms with van der Waals surface area (Å²) in [5.74, 6) is 0. The first kappa shape index (κ1) is 11.2. The van der Waals surface area contributed by atoms with Crippen LogP contribution in [0, 0.1) is 0 Å². The van der Waals surface area contributed by atoms with Crippen LogP contribution in [0.25, 0.3) is 0 Å². The minimum Gasteiger partial charge on any atom is -0.313 e. The Morgan fingerprint density at radius 2 is 2.07 bits per heavy atom. The van der Waals surface area contributed by atoms with Gasteiger partial charge in [-0.05, 0) is 26.8 Å². The van der Waals surface area contributed by atoms with Crippen molar-refractivity contribution >= 4 is 0 Å². The number of hydrogen-bond acceptors (Lipinski definition) is 2. The molecule has 0 saturated carbocycles. The molecule has 0 fully saturated rings. The van der Waals surface area contributed by atoms with Gasteiger partial charge in [-0.15, -0.1) is 0 Å². The summed E-state index contributed by atoms with van der Waals surface area (Å²) in [5, 5.41) is 7.62. The van der Waals surface area contributed by atoms with Crippen molar-refractivity contribution in [2.45, 2.75) is 45.7 Å². The molecule has 1 unspecified atom stereocenters. The van der Waals surface area contributed by atoms with Gasteiger partial charge < -0.3 is 5.32 Å². The van der Waals surface area contributed by atoms with E-state index in [0.717, 1.165) is 12.8 Å². The monoisotopic (exact) mass is 195 g/mol. The third-order valence-corrected chi connectivity index (χ3v) is 2.87. The molecule has 1 atom stereocenters. The van der Waals surface area contributed by atoms with Gasteiger partial charge in [-0.3, -0.25) is 4.68 Å². The van der Waals surface area contributed by atoms with E-state index in [1.165, 1.54) is 5.56 Å². The third-order valence-electron chi connectivity index (χ3n) is 2.87. The van der Waals surface area contributed by atoms with E-state index in [2.05, 4.69) is 42.1 Å². The molecule has 0 bridgehead atoms. The Morgan fingerprint density at radius 1 is 1.43 bits per heavy atom. The molecule has 1 aromatic rings. The van der Waals surface area contributed by atoms with E-state index in [4.69, 9.17) is 0 Å². The lowest BCUT2D eigenvalue weighted by Gasteiger charge is -2.12. The molecule has 3 nitrogen and oxygen atoms in total. The van der Waals surface area contributed by atoms with Crippen molar-refractivity contribution in [1.29, 1.82) is 0 Å². The fraction of sp³-hybridized carbons (Fsp3) is 0.727. The maximum absolute atomic E-state index is 4.40. The molecule has 1 N–H and O–H groups in total. The second-order valence-electron chi connectivity index (χ2n) is 3.73. The average Bonchev–Trinajstić information content (AvgIpc) is 2.68. The Hall–Kier alpha value is -0.830. The zero-order valence-electron chi connectivity index (χ0n) is 9.62. The quantitative estimate of drug-likeness (QED) is 0.782. The lowest BCUT2D eigenvalue weighted by molar-refractivity contribution is 0.428. The van der Waals surface area contributed by atoms with Crippen molar-refractivity contribution in [1.82, 2.24) is 15.1 Å². The standard InChI is InChI=1S/C11H21N3/c1-5-11(6-2)14-8-10(7-13-14)9(3)12-4/h7-9,11-12H,5-6H2,1-4H3. The zero-order chi connectivity index (χ0) is 10.6. The van der Waals surface area contributed by atoms with Gasteiger partial charge in [-0.2, -0.15) is 5.10 Å². The molecular weight excluding hydrogens is 174 g/mol. The molecule has 0 saturated heterocycles. The van der Waals surface area contributed by atoms with Crippen LogP contribution in [0.4, 0.5) is 0 Å². The van der Waals surface area contributed by atoms with Crippen LogP contribution < -0.4 is 5.32 Å². The topological polar surface area (TPSA) is 29.9 Å². The number of nitrogens with zero attached hydrogens (tertiary/aromatic N) is 2. The van der Waals surface area contributed by atoms with Crippen LogP contribution in [0.2, 0.25) is 0 Å². The summed E-state index contributed by atoms with van der Waals surface area (Å²) >= 11 is 0. The molecule has 3 heteroatoms. The SMILES string of the molecule is CCC(CC)n1cc(C(C)NC)cn1. The first-order chi connectivity index (χ1) is 6.72. The first-order valence-electron chi connectivity index (χ1n) is 5.44. The highest BCUT2D eigenvalue weighted by Crippen LogP contribution is 2.17. The van der Waals surface area contributed by atoms with E-state index in [0.29, 0.717) is 12.1 Å². The molecule has 0 spiro atoms. The van der Waals surface area contributed by atoms with E-state index >= 15 is 0 Å². The lowest BCUT2D eigenvalue weighted by atomic mass is 10.1. The Balaban J connectivity index is 2.76. The summed E-state index contributed by atoms with van der Waals surface area (Å²) in [4.78, 5) is 0. The van der Waals surface area contributed by atoms with Gasteiger partial charge in [0.2, 0.25) is 0 Å². The highest BCUT2D eigenvalue weighted by molar-refractivity contribution is 5.09. The van der Waals surface area contributed by atoms with Crippen molar-refractivity contribution in [2.75, 3.05) is 7.05 Å². The molecule has 80 valence electrons. The van der Waals surface area contributed by atoms with Crippen LogP contribution >= 0.6 is 0 Å². The predicted octanol–water partition coefficient (Wildman–Crippen LogP) is 2.52. The second kappa shape index (κ2) is 5.15. The maximum atomic E-state index is 4.40. The summed E-state index contributed by atoms with van der Waals surface area (Å²) in [6.07, 6.45) is 6.40. The van der Waals surface area contributed by atoms with Crippen LogP contribution in [0.3, 0.4) is 0 Å². The molecule has 0 aliphatic heterocycles. The molecule has 14 heavy (non-hydrogen) atoms. The van der Waals surface area contributed by atoms with Gasteiger partial charge in [0.15, 0.2) is 0 Å². The van der Waals surface area contributed by atoms with Crippen LogP contribution in [-0.2, 0) is 0 Å². The Kier molecular flexibility index (Phi) is 4.14. The summed E-state index contributed by atoms with van der Waals surface area (Å²) < 4.78 is 2.09. The van der Waals surface area contributed by atoms with Gasteiger partial charge in [-0.1, -0.05) is 13.8 Å². The van der Waals surface area contributed by atoms with Gasteiger partial charge in [0.05, 0.1) is 12.2 Å². The predicted molar refractivity (Wildman–Crippen MR) is 59.3 cm³/mol. The van der Waals surface area contributed by atoms with Gasteiger partial charge in [0.1, 0.15) is 0 Å². The molecule has 1 heterocycles. The van der Waals surface area contributed by atoms with Crippen molar-refractivity contribution in [3.63, 3.8) is 0 Å². The number of nitrogens with one attached hydrogen (secondary N) is 1. The summed E-state index contributed by atoms with van der Waals surface area (Å²) in [6, 6.07) is 0.936. The van der Waals surface area contributed by atoms with E-state index < -0.39 is 0 Å². The fourth-order valence-electron chi connectivity index (χ4n) is 1.61. The van der Waals surface area contributed by atoms with Crippen molar-refractivity contribution in [2.24, 2.45) is 0 Å². The Morgan fingerprint density at radius 3 is 2.57 bits per heavy atom. The maximum Gasteiger partial charge on any atom is 0.0537 e. The lowest BCUT2D eigenvalue weighted by Crippen LogP contribution is -2.12. The minimum atomic E-state index is 0.387. The largest absolute Gasteiger partial charge is 0.313 e. The second-order valence-corrected chi connectivity index (χ2v) is 3.73. The molecule has 0 amide bonds.